The second kappa shape index (κ2) is 10.1. The maximum Gasteiger partial charge on any atom is 0.230 e. The molecule has 2 rings (SSSR count). The van der Waals surface area contributed by atoms with E-state index in [2.05, 4.69) is 10.2 Å². The van der Waals surface area contributed by atoms with Gasteiger partial charge in [0.05, 0.1) is 19.0 Å². The van der Waals surface area contributed by atoms with Crippen molar-refractivity contribution in [3.05, 3.63) is 34.6 Å². The number of nitrogens with one attached hydrogen (secondary N) is 1. The van der Waals surface area contributed by atoms with E-state index >= 15 is 0 Å². The Hall–Kier alpha value is -0.820. The Labute approximate surface area is 145 Å². The fourth-order valence-corrected chi connectivity index (χ4v) is 3.30. The van der Waals surface area contributed by atoms with Crippen LogP contribution in [0.1, 0.15) is 12.0 Å². The summed E-state index contributed by atoms with van der Waals surface area (Å²) in [5.74, 6) is 0.464. The van der Waals surface area contributed by atoms with Gasteiger partial charge >= 0.3 is 0 Å². The second-order valence-corrected chi connectivity index (χ2v) is 6.81. The van der Waals surface area contributed by atoms with Gasteiger partial charge in [0.2, 0.25) is 5.91 Å². The average Bonchev–Trinajstić information content (AvgIpc) is 2.55. The Morgan fingerprint density at radius 3 is 2.91 bits per heavy atom. The van der Waals surface area contributed by atoms with Crippen LogP contribution in [-0.4, -0.2) is 56.0 Å². The standard InChI is InChI=1S/C16H22ClFN2O2S/c17-14-3-2-13(15(18)10-14)11-23-12-16(21)19-4-1-5-20-6-8-22-9-7-20/h2-3,10H,1,4-9,11-12H2,(H,19,21). The van der Waals surface area contributed by atoms with Gasteiger partial charge in [-0.05, 0) is 30.7 Å². The number of hydrogen-bond donors (Lipinski definition) is 1. The average molecular weight is 361 g/mol. The van der Waals surface area contributed by atoms with Gasteiger partial charge in [-0.1, -0.05) is 17.7 Å². The molecule has 1 saturated heterocycles. The molecule has 0 aromatic heterocycles. The molecule has 1 aromatic carbocycles. The van der Waals surface area contributed by atoms with Crippen molar-refractivity contribution in [1.29, 1.82) is 0 Å². The first-order valence-corrected chi connectivity index (χ1v) is 9.27. The fourth-order valence-electron chi connectivity index (χ4n) is 2.30. The molecule has 1 aromatic rings. The highest BCUT2D eigenvalue weighted by molar-refractivity contribution is 7.99. The maximum atomic E-state index is 13.6. The third-order valence-corrected chi connectivity index (χ3v) is 4.80. The summed E-state index contributed by atoms with van der Waals surface area (Å²) < 4.78 is 18.9. The molecule has 1 N–H and O–H groups in total. The highest BCUT2D eigenvalue weighted by atomic mass is 35.5. The summed E-state index contributed by atoms with van der Waals surface area (Å²) in [5.41, 5.74) is 0.569. The minimum absolute atomic E-state index is 0.00801. The lowest BCUT2D eigenvalue weighted by Crippen LogP contribution is -2.38. The second-order valence-electron chi connectivity index (χ2n) is 5.39. The van der Waals surface area contributed by atoms with Crippen LogP contribution in [0.4, 0.5) is 4.39 Å². The third-order valence-electron chi connectivity index (χ3n) is 3.58. The molecule has 1 aliphatic heterocycles. The maximum absolute atomic E-state index is 13.6. The molecular formula is C16H22ClFN2O2S. The first kappa shape index (κ1) is 18.5. The van der Waals surface area contributed by atoms with E-state index in [1.807, 2.05) is 0 Å². The van der Waals surface area contributed by atoms with E-state index in [0.29, 0.717) is 28.6 Å². The van der Waals surface area contributed by atoms with Gasteiger partial charge in [-0.25, -0.2) is 4.39 Å². The quantitative estimate of drug-likeness (QED) is 0.723. The van der Waals surface area contributed by atoms with Gasteiger partial charge in [0.1, 0.15) is 5.82 Å². The molecule has 0 bridgehead atoms. The zero-order chi connectivity index (χ0) is 16.5. The van der Waals surface area contributed by atoms with Gasteiger partial charge < -0.3 is 10.1 Å². The number of carbonyl (C=O) groups is 1. The highest BCUT2D eigenvalue weighted by Gasteiger charge is 2.10. The monoisotopic (exact) mass is 360 g/mol. The Morgan fingerprint density at radius 1 is 1.39 bits per heavy atom. The van der Waals surface area contributed by atoms with Crippen LogP contribution in [0.15, 0.2) is 18.2 Å². The Kier molecular flexibility index (Phi) is 8.16. The lowest BCUT2D eigenvalue weighted by atomic mass is 10.2. The Balaban J connectivity index is 1.54. The number of morpholine rings is 1. The summed E-state index contributed by atoms with van der Waals surface area (Å²) >= 11 is 7.11. The number of halogens is 2. The van der Waals surface area contributed by atoms with Gasteiger partial charge in [-0.15, -0.1) is 11.8 Å². The van der Waals surface area contributed by atoms with E-state index in [1.54, 1.807) is 12.1 Å². The summed E-state index contributed by atoms with van der Waals surface area (Å²) in [6.45, 7) is 5.18. The highest BCUT2D eigenvalue weighted by Crippen LogP contribution is 2.19. The number of thioether (sulfide) groups is 1. The number of amides is 1. The van der Waals surface area contributed by atoms with Crippen molar-refractivity contribution in [2.75, 3.05) is 45.1 Å². The Bertz CT molecular complexity index is 513. The van der Waals surface area contributed by atoms with Crippen molar-refractivity contribution in [3.8, 4) is 0 Å². The van der Waals surface area contributed by atoms with E-state index in [9.17, 15) is 9.18 Å². The molecule has 1 fully saturated rings. The zero-order valence-electron chi connectivity index (χ0n) is 13.0. The predicted octanol–water partition coefficient (Wildman–Crippen LogP) is 2.55. The lowest BCUT2D eigenvalue weighted by molar-refractivity contribution is -0.118. The molecule has 0 aliphatic carbocycles. The molecule has 0 unspecified atom stereocenters. The molecule has 1 amide bonds. The number of carbonyl (C=O) groups excluding carboxylic acids is 1. The van der Waals surface area contributed by atoms with Crippen LogP contribution in [0.25, 0.3) is 0 Å². The van der Waals surface area contributed by atoms with E-state index in [4.69, 9.17) is 16.3 Å². The minimum atomic E-state index is -0.323. The molecule has 0 spiro atoms. The van der Waals surface area contributed by atoms with Crippen LogP contribution < -0.4 is 5.32 Å². The van der Waals surface area contributed by atoms with Crippen molar-refractivity contribution in [2.24, 2.45) is 0 Å². The molecule has 0 radical (unpaired) electrons. The molecular weight excluding hydrogens is 339 g/mol. The normalized spacial score (nSPS) is 15.6. The van der Waals surface area contributed by atoms with E-state index in [1.165, 1.54) is 17.8 Å². The smallest absolute Gasteiger partial charge is 0.230 e. The van der Waals surface area contributed by atoms with Crippen molar-refractivity contribution in [3.63, 3.8) is 0 Å². The lowest BCUT2D eigenvalue weighted by Gasteiger charge is -2.26. The van der Waals surface area contributed by atoms with Gasteiger partial charge in [-0.2, -0.15) is 0 Å². The van der Waals surface area contributed by atoms with Crippen LogP contribution in [0.2, 0.25) is 5.02 Å². The first-order chi connectivity index (χ1) is 11.1. The fraction of sp³-hybridized carbons (Fsp3) is 0.562. The predicted molar refractivity (Wildman–Crippen MR) is 92.5 cm³/mol. The largest absolute Gasteiger partial charge is 0.379 e. The van der Waals surface area contributed by atoms with Crippen molar-refractivity contribution in [1.82, 2.24) is 10.2 Å². The molecule has 1 aliphatic rings. The van der Waals surface area contributed by atoms with Crippen LogP contribution >= 0.6 is 23.4 Å². The van der Waals surface area contributed by atoms with Crippen LogP contribution in [0.5, 0.6) is 0 Å². The van der Waals surface area contributed by atoms with E-state index in [-0.39, 0.29) is 11.7 Å². The number of benzene rings is 1. The molecule has 1 heterocycles. The topological polar surface area (TPSA) is 41.6 Å². The van der Waals surface area contributed by atoms with Crippen molar-refractivity contribution < 1.29 is 13.9 Å². The summed E-state index contributed by atoms with van der Waals surface area (Å²) in [6.07, 6.45) is 0.933. The number of ether oxygens (including phenoxy) is 1. The molecule has 4 nitrogen and oxygen atoms in total. The summed E-state index contributed by atoms with van der Waals surface area (Å²) in [6, 6.07) is 4.61. The molecule has 23 heavy (non-hydrogen) atoms. The molecule has 0 saturated carbocycles. The van der Waals surface area contributed by atoms with Gasteiger partial charge in [0, 0.05) is 30.4 Å². The summed E-state index contributed by atoms with van der Waals surface area (Å²) in [5, 5.41) is 3.28. The van der Waals surface area contributed by atoms with E-state index in [0.717, 1.165) is 39.3 Å². The molecule has 0 atom stereocenters. The summed E-state index contributed by atoms with van der Waals surface area (Å²) in [4.78, 5) is 14.1. The Morgan fingerprint density at radius 2 is 2.17 bits per heavy atom. The van der Waals surface area contributed by atoms with E-state index < -0.39 is 0 Å². The summed E-state index contributed by atoms with van der Waals surface area (Å²) in [7, 11) is 0. The van der Waals surface area contributed by atoms with Gasteiger partial charge in [-0.3, -0.25) is 9.69 Å². The molecule has 128 valence electrons. The first-order valence-electron chi connectivity index (χ1n) is 7.73. The number of nitrogens with zero attached hydrogens (tertiary/aromatic N) is 1. The number of rotatable bonds is 8. The van der Waals surface area contributed by atoms with Gasteiger partial charge in [0.25, 0.3) is 0 Å². The minimum Gasteiger partial charge on any atom is -0.379 e. The van der Waals surface area contributed by atoms with Gasteiger partial charge in [0.15, 0.2) is 0 Å². The van der Waals surface area contributed by atoms with Crippen LogP contribution in [0.3, 0.4) is 0 Å². The van der Waals surface area contributed by atoms with Crippen LogP contribution in [-0.2, 0) is 15.3 Å². The van der Waals surface area contributed by atoms with Crippen molar-refractivity contribution >= 4 is 29.3 Å². The zero-order valence-corrected chi connectivity index (χ0v) is 14.6. The van der Waals surface area contributed by atoms with Crippen molar-refractivity contribution in [2.45, 2.75) is 12.2 Å². The number of hydrogen-bond acceptors (Lipinski definition) is 4. The SMILES string of the molecule is O=C(CSCc1ccc(Cl)cc1F)NCCCN1CCOCC1. The van der Waals surface area contributed by atoms with Crippen LogP contribution in [0, 0.1) is 5.82 Å². The molecule has 7 heteroatoms. The third kappa shape index (κ3) is 7.08.